The number of nitrogens with zero attached hydrogens (tertiary/aromatic N) is 1. The van der Waals surface area contributed by atoms with Crippen molar-refractivity contribution >= 4 is 10.1 Å². The Bertz CT molecular complexity index is 792. The zero-order valence-electron chi connectivity index (χ0n) is 14.3. The van der Waals surface area contributed by atoms with Gasteiger partial charge in [-0.15, -0.1) is 0 Å². The second-order valence-electron chi connectivity index (χ2n) is 6.13. The van der Waals surface area contributed by atoms with Crippen LogP contribution in [0.5, 0.6) is 11.5 Å². The Morgan fingerprint density at radius 2 is 1.84 bits per heavy atom. The summed E-state index contributed by atoms with van der Waals surface area (Å²) in [5.41, 5.74) is 1.17. The zero-order chi connectivity index (χ0) is 17.7. The number of ether oxygens (including phenoxy) is 1. The first kappa shape index (κ1) is 17.8. The molecule has 0 radical (unpaired) electrons. The highest BCUT2D eigenvalue weighted by molar-refractivity contribution is 7.87. The molecule has 0 aromatic heterocycles. The van der Waals surface area contributed by atoms with E-state index in [9.17, 15) is 8.42 Å². The smallest absolute Gasteiger partial charge is 0.310 e. The third-order valence-corrected chi connectivity index (χ3v) is 5.57. The number of rotatable bonds is 7. The molecule has 0 N–H and O–H groups in total. The van der Waals surface area contributed by atoms with Crippen LogP contribution >= 0.6 is 0 Å². The predicted octanol–water partition coefficient (Wildman–Crippen LogP) is 3.24. The van der Waals surface area contributed by atoms with Gasteiger partial charge in [0.25, 0.3) is 0 Å². The summed E-state index contributed by atoms with van der Waals surface area (Å²) in [7, 11) is -1.96. The summed E-state index contributed by atoms with van der Waals surface area (Å²) < 4.78 is 34.9. The third kappa shape index (κ3) is 4.74. The molecule has 1 heterocycles. The van der Waals surface area contributed by atoms with Crippen molar-refractivity contribution in [3.63, 3.8) is 0 Å². The Labute approximate surface area is 149 Å². The van der Waals surface area contributed by atoms with E-state index in [1.165, 1.54) is 5.56 Å². The molecular formula is C19H23NO4S. The average Bonchev–Trinajstić information content (AvgIpc) is 3.09. The van der Waals surface area contributed by atoms with Gasteiger partial charge in [0.15, 0.2) is 0 Å². The Morgan fingerprint density at radius 1 is 1.08 bits per heavy atom. The number of benzene rings is 2. The molecule has 1 atom stereocenters. The number of hydrogen-bond acceptors (Lipinski definition) is 5. The van der Waals surface area contributed by atoms with Gasteiger partial charge in [0.1, 0.15) is 11.5 Å². The van der Waals surface area contributed by atoms with Crippen molar-refractivity contribution in [2.75, 3.05) is 26.0 Å². The van der Waals surface area contributed by atoms with E-state index in [2.05, 4.69) is 11.0 Å². The molecule has 0 bridgehead atoms. The van der Waals surface area contributed by atoms with Crippen LogP contribution in [0.4, 0.5) is 0 Å². The van der Waals surface area contributed by atoms with Crippen LogP contribution in [0.2, 0.25) is 0 Å². The fourth-order valence-electron chi connectivity index (χ4n) is 3.21. The van der Waals surface area contributed by atoms with Gasteiger partial charge in [-0.3, -0.25) is 4.90 Å². The maximum Gasteiger partial charge on any atom is 0.310 e. The maximum absolute atomic E-state index is 12.2. The summed E-state index contributed by atoms with van der Waals surface area (Å²) in [6.07, 6.45) is 2.08. The van der Waals surface area contributed by atoms with Crippen molar-refractivity contribution in [2.24, 2.45) is 0 Å². The number of methoxy groups -OCH3 is 1. The van der Waals surface area contributed by atoms with E-state index < -0.39 is 10.1 Å². The highest BCUT2D eigenvalue weighted by atomic mass is 32.2. The topological polar surface area (TPSA) is 55.8 Å². The molecular weight excluding hydrogens is 338 g/mol. The maximum atomic E-state index is 12.2. The minimum atomic E-state index is -3.61. The lowest BCUT2D eigenvalue weighted by Crippen LogP contribution is -2.30. The normalized spacial score (nSPS) is 18.2. The van der Waals surface area contributed by atoms with E-state index in [-0.39, 0.29) is 11.8 Å². The van der Waals surface area contributed by atoms with Gasteiger partial charge in [0.05, 0.1) is 12.9 Å². The summed E-state index contributed by atoms with van der Waals surface area (Å²) in [4.78, 5) is 2.21. The molecule has 25 heavy (non-hydrogen) atoms. The highest BCUT2D eigenvalue weighted by Crippen LogP contribution is 2.33. The first-order chi connectivity index (χ1) is 12.1. The largest absolute Gasteiger partial charge is 0.497 e. The fraction of sp³-hybridized carbons (Fsp3) is 0.368. The van der Waals surface area contributed by atoms with Crippen LogP contribution in [0.25, 0.3) is 0 Å². The summed E-state index contributed by atoms with van der Waals surface area (Å²) in [5.74, 6) is 1.15. The Balaban J connectivity index is 1.63. The van der Waals surface area contributed by atoms with Crippen LogP contribution in [0.15, 0.2) is 54.6 Å². The lowest BCUT2D eigenvalue weighted by Gasteiger charge is -2.24. The molecule has 1 aliphatic heterocycles. The SMILES string of the molecule is COc1cccc([C@@H]2CCCN2CCS(=O)(=O)Oc2ccccc2)c1. The van der Waals surface area contributed by atoms with Crippen molar-refractivity contribution in [1.82, 2.24) is 4.90 Å². The predicted molar refractivity (Wildman–Crippen MR) is 97.4 cm³/mol. The van der Waals surface area contributed by atoms with Gasteiger partial charge in [-0.05, 0) is 49.2 Å². The van der Waals surface area contributed by atoms with Crippen molar-refractivity contribution in [3.8, 4) is 11.5 Å². The second kappa shape index (κ2) is 7.89. The van der Waals surface area contributed by atoms with Crippen LogP contribution in [0, 0.1) is 0 Å². The van der Waals surface area contributed by atoms with E-state index >= 15 is 0 Å². The number of para-hydroxylation sites is 1. The molecule has 2 aromatic rings. The molecule has 2 aromatic carbocycles. The van der Waals surface area contributed by atoms with Gasteiger partial charge in [-0.2, -0.15) is 8.42 Å². The van der Waals surface area contributed by atoms with E-state index in [4.69, 9.17) is 8.92 Å². The van der Waals surface area contributed by atoms with Gasteiger partial charge in [-0.1, -0.05) is 30.3 Å². The highest BCUT2D eigenvalue weighted by Gasteiger charge is 2.27. The van der Waals surface area contributed by atoms with Crippen LogP contribution < -0.4 is 8.92 Å². The van der Waals surface area contributed by atoms with Crippen LogP contribution in [0.1, 0.15) is 24.4 Å². The monoisotopic (exact) mass is 361 g/mol. The lowest BCUT2D eigenvalue weighted by atomic mass is 10.0. The van der Waals surface area contributed by atoms with Gasteiger partial charge in [0.2, 0.25) is 0 Å². The fourth-order valence-corrected chi connectivity index (χ4v) is 4.16. The Kier molecular flexibility index (Phi) is 5.60. The standard InChI is InChI=1S/C19H23NO4S/c1-23-18-10-5-7-16(15-18)19-11-6-12-20(19)13-14-25(21,22)24-17-8-3-2-4-9-17/h2-5,7-10,15,19H,6,11-14H2,1H3/t19-/m0/s1. The van der Waals surface area contributed by atoms with E-state index in [0.717, 1.165) is 25.1 Å². The van der Waals surface area contributed by atoms with Gasteiger partial charge >= 0.3 is 10.1 Å². The molecule has 134 valence electrons. The minimum absolute atomic E-state index is 0.0254. The second-order valence-corrected chi connectivity index (χ2v) is 7.82. The summed E-state index contributed by atoms with van der Waals surface area (Å²) in [5, 5.41) is 0. The zero-order valence-corrected chi connectivity index (χ0v) is 15.1. The van der Waals surface area contributed by atoms with Crippen LogP contribution in [0.3, 0.4) is 0 Å². The third-order valence-electron chi connectivity index (χ3n) is 4.44. The average molecular weight is 361 g/mol. The van der Waals surface area contributed by atoms with Crippen LogP contribution in [-0.2, 0) is 10.1 Å². The number of hydrogen-bond donors (Lipinski definition) is 0. The molecule has 0 aliphatic carbocycles. The first-order valence-corrected chi connectivity index (χ1v) is 10.0. The molecule has 0 unspecified atom stereocenters. The van der Waals surface area contributed by atoms with Gasteiger partial charge in [0, 0.05) is 12.6 Å². The quantitative estimate of drug-likeness (QED) is 0.709. The van der Waals surface area contributed by atoms with E-state index in [0.29, 0.717) is 12.3 Å². The number of likely N-dealkylation sites (tertiary alicyclic amines) is 1. The molecule has 0 spiro atoms. The van der Waals surface area contributed by atoms with Gasteiger partial charge < -0.3 is 8.92 Å². The van der Waals surface area contributed by atoms with Crippen molar-refractivity contribution in [1.29, 1.82) is 0 Å². The van der Waals surface area contributed by atoms with Crippen LogP contribution in [-0.4, -0.2) is 39.3 Å². The molecule has 0 saturated carbocycles. The van der Waals surface area contributed by atoms with Crippen molar-refractivity contribution < 1.29 is 17.3 Å². The van der Waals surface area contributed by atoms with E-state index in [1.807, 2.05) is 24.3 Å². The first-order valence-electron chi connectivity index (χ1n) is 8.42. The molecule has 1 fully saturated rings. The lowest BCUT2D eigenvalue weighted by molar-refractivity contribution is 0.270. The summed E-state index contributed by atoms with van der Waals surface area (Å²) >= 11 is 0. The molecule has 3 rings (SSSR count). The molecule has 5 nitrogen and oxygen atoms in total. The summed E-state index contributed by atoms with van der Waals surface area (Å²) in [6, 6.07) is 16.8. The minimum Gasteiger partial charge on any atom is -0.497 e. The molecule has 0 amide bonds. The van der Waals surface area contributed by atoms with Crippen molar-refractivity contribution in [3.05, 3.63) is 60.2 Å². The van der Waals surface area contributed by atoms with Crippen molar-refractivity contribution in [2.45, 2.75) is 18.9 Å². The van der Waals surface area contributed by atoms with Gasteiger partial charge in [-0.25, -0.2) is 0 Å². The summed E-state index contributed by atoms with van der Waals surface area (Å²) in [6.45, 7) is 1.35. The van der Waals surface area contributed by atoms with E-state index in [1.54, 1.807) is 31.4 Å². The molecule has 1 saturated heterocycles. The Morgan fingerprint density at radius 3 is 2.60 bits per heavy atom. The molecule has 6 heteroatoms. The molecule has 1 aliphatic rings. The Hall–Kier alpha value is -2.05.